The standard InChI is InChI=1S/C15H17NO2S/c1-11-4-6-12(7-5-11)9-15(18)16-10-13(17)14-3-2-8-19-14/h2-8,13,17H,9-10H2,1H3,(H,16,18). The monoisotopic (exact) mass is 275 g/mol. The number of hydrogen-bond acceptors (Lipinski definition) is 3. The van der Waals surface area contributed by atoms with Crippen LogP contribution in [0.1, 0.15) is 22.1 Å². The largest absolute Gasteiger partial charge is 0.386 e. The number of thiophene rings is 1. The van der Waals surface area contributed by atoms with Gasteiger partial charge in [-0.25, -0.2) is 0 Å². The molecule has 4 heteroatoms. The summed E-state index contributed by atoms with van der Waals surface area (Å²) in [5, 5.41) is 14.5. The number of benzene rings is 1. The molecule has 0 fully saturated rings. The average molecular weight is 275 g/mol. The molecule has 1 aromatic heterocycles. The molecule has 3 nitrogen and oxygen atoms in total. The molecule has 1 aromatic carbocycles. The van der Waals surface area contributed by atoms with Gasteiger partial charge in [-0.1, -0.05) is 35.9 Å². The van der Waals surface area contributed by atoms with E-state index in [2.05, 4.69) is 5.32 Å². The number of nitrogens with one attached hydrogen (secondary N) is 1. The lowest BCUT2D eigenvalue weighted by molar-refractivity contribution is -0.120. The Bertz CT molecular complexity index is 520. The van der Waals surface area contributed by atoms with Gasteiger partial charge in [0.1, 0.15) is 6.10 Å². The van der Waals surface area contributed by atoms with Crippen LogP contribution >= 0.6 is 11.3 Å². The summed E-state index contributed by atoms with van der Waals surface area (Å²) >= 11 is 1.49. The highest BCUT2D eigenvalue weighted by atomic mass is 32.1. The molecule has 1 amide bonds. The lowest BCUT2D eigenvalue weighted by atomic mass is 10.1. The molecule has 1 unspecified atom stereocenters. The van der Waals surface area contributed by atoms with Crippen molar-refractivity contribution in [1.29, 1.82) is 0 Å². The number of hydrogen-bond donors (Lipinski definition) is 2. The van der Waals surface area contributed by atoms with Crippen molar-refractivity contribution in [1.82, 2.24) is 5.32 Å². The quantitative estimate of drug-likeness (QED) is 0.880. The second-order valence-electron chi connectivity index (χ2n) is 4.50. The zero-order valence-electron chi connectivity index (χ0n) is 10.8. The van der Waals surface area contributed by atoms with E-state index < -0.39 is 6.10 Å². The Morgan fingerprint density at radius 3 is 2.68 bits per heavy atom. The molecule has 0 saturated carbocycles. The first kappa shape index (κ1) is 13.8. The number of aryl methyl sites for hydroxylation is 1. The molecule has 2 aromatic rings. The Hall–Kier alpha value is -1.65. The number of carbonyl (C=O) groups excluding carboxylic acids is 1. The van der Waals surface area contributed by atoms with Crippen LogP contribution in [-0.2, 0) is 11.2 Å². The summed E-state index contributed by atoms with van der Waals surface area (Å²) in [5.74, 6) is -0.0699. The van der Waals surface area contributed by atoms with Crippen LogP contribution in [0.15, 0.2) is 41.8 Å². The van der Waals surface area contributed by atoms with Gasteiger partial charge in [-0.05, 0) is 23.9 Å². The fourth-order valence-corrected chi connectivity index (χ4v) is 2.46. The molecule has 0 aliphatic heterocycles. The van der Waals surface area contributed by atoms with Gasteiger partial charge in [0.05, 0.1) is 6.42 Å². The highest BCUT2D eigenvalue weighted by molar-refractivity contribution is 7.10. The fourth-order valence-electron chi connectivity index (χ4n) is 1.75. The van der Waals surface area contributed by atoms with Crippen molar-refractivity contribution < 1.29 is 9.90 Å². The first-order valence-corrected chi connectivity index (χ1v) is 7.07. The number of carbonyl (C=O) groups is 1. The number of amides is 1. The van der Waals surface area contributed by atoms with E-state index in [0.717, 1.165) is 10.4 Å². The van der Waals surface area contributed by atoms with Crippen LogP contribution in [0.5, 0.6) is 0 Å². The van der Waals surface area contributed by atoms with Crippen molar-refractivity contribution in [2.75, 3.05) is 6.54 Å². The molecule has 2 rings (SSSR count). The van der Waals surface area contributed by atoms with Crippen LogP contribution in [0.4, 0.5) is 0 Å². The van der Waals surface area contributed by atoms with Crippen molar-refractivity contribution in [3.63, 3.8) is 0 Å². The van der Waals surface area contributed by atoms with E-state index in [1.165, 1.54) is 16.9 Å². The summed E-state index contributed by atoms with van der Waals surface area (Å²) in [6.07, 6.45) is -0.278. The van der Waals surface area contributed by atoms with Gasteiger partial charge < -0.3 is 10.4 Å². The molecule has 1 atom stereocenters. The predicted octanol–water partition coefficient (Wildman–Crippen LogP) is 2.45. The van der Waals surface area contributed by atoms with Crippen molar-refractivity contribution in [3.8, 4) is 0 Å². The molecule has 100 valence electrons. The van der Waals surface area contributed by atoms with Gasteiger partial charge in [0.25, 0.3) is 0 Å². The third-order valence-corrected chi connectivity index (χ3v) is 3.82. The zero-order chi connectivity index (χ0) is 13.7. The van der Waals surface area contributed by atoms with E-state index in [0.29, 0.717) is 6.42 Å². The molecule has 0 aliphatic carbocycles. The van der Waals surface area contributed by atoms with Crippen LogP contribution in [0.25, 0.3) is 0 Å². The van der Waals surface area contributed by atoms with Crippen LogP contribution in [-0.4, -0.2) is 17.6 Å². The minimum absolute atomic E-state index is 0.0699. The third kappa shape index (κ3) is 4.19. The van der Waals surface area contributed by atoms with Gasteiger partial charge in [0.15, 0.2) is 0 Å². The molecule has 0 aliphatic rings. The molecular weight excluding hydrogens is 258 g/mol. The number of aliphatic hydroxyl groups excluding tert-OH is 1. The van der Waals surface area contributed by atoms with E-state index in [1.807, 2.05) is 48.7 Å². The fraction of sp³-hybridized carbons (Fsp3) is 0.267. The van der Waals surface area contributed by atoms with Crippen molar-refractivity contribution in [2.24, 2.45) is 0 Å². The second kappa shape index (κ2) is 6.50. The minimum atomic E-state index is -0.623. The highest BCUT2D eigenvalue weighted by Crippen LogP contribution is 2.17. The van der Waals surface area contributed by atoms with Crippen molar-refractivity contribution in [3.05, 3.63) is 57.8 Å². The van der Waals surface area contributed by atoms with Gasteiger partial charge in [-0.15, -0.1) is 11.3 Å². The first-order valence-electron chi connectivity index (χ1n) is 6.19. The van der Waals surface area contributed by atoms with Gasteiger partial charge in [-0.3, -0.25) is 4.79 Å². The Morgan fingerprint density at radius 2 is 2.05 bits per heavy atom. The highest BCUT2D eigenvalue weighted by Gasteiger charge is 2.10. The number of aliphatic hydroxyl groups is 1. The van der Waals surface area contributed by atoms with Crippen LogP contribution < -0.4 is 5.32 Å². The lowest BCUT2D eigenvalue weighted by Gasteiger charge is -2.10. The van der Waals surface area contributed by atoms with Gasteiger partial charge in [0, 0.05) is 11.4 Å². The molecule has 0 saturated heterocycles. The van der Waals surface area contributed by atoms with E-state index in [9.17, 15) is 9.90 Å². The summed E-state index contributed by atoms with van der Waals surface area (Å²) in [7, 11) is 0. The van der Waals surface area contributed by atoms with Gasteiger partial charge >= 0.3 is 0 Å². The Morgan fingerprint density at radius 1 is 1.32 bits per heavy atom. The van der Waals surface area contributed by atoms with E-state index in [1.54, 1.807) is 0 Å². The first-order chi connectivity index (χ1) is 9.15. The summed E-state index contributed by atoms with van der Waals surface area (Å²) in [5.41, 5.74) is 2.16. The summed E-state index contributed by atoms with van der Waals surface area (Å²) in [6, 6.07) is 11.6. The average Bonchev–Trinajstić information content (AvgIpc) is 2.93. The maximum atomic E-state index is 11.8. The smallest absolute Gasteiger partial charge is 0.224 e. The molecule has 2 N–H and O–H groups in total. The summed E-state index contributed by atoms with van der Waals surface area (Å²) in [4.78, 5) is 12.6. The Balaban J connectivity index is 1.80. The Labute approximate surface area is 116 Å². The molecule has 0 spiro atoms. The maximum Gasteiger partial charge on any atom is 0.224 e. The van der Waals surface area contributed by atoms with E-state index in [4.69, 9.17) is 0 Å². The van der Waals surface area contributed by atoms with Crippen LogP contribution in [0, 0.1) is 6.92 Å². The maximum absolute atomic E-state index is 11.8. The van der Waals surface area contributed by atoms with E-state index in [-0.39, 0.29) is 12.5 Å². The summed E-state index contributed by atoms with van der Waals surface area (Å²) < 4.78 is 0. The topological polar surface area (TPSA) is 49.3 Å². The van der Waals surface area contributed by atoms with Crippen LogP contribution in [0.2, 0.25) is 0 Å². The summed E-state index contributed by atoms with van der Waals surface area (Å²) in [6.45, 7) is 2.27. The van der Waals surface area contributed by atoms with Crippen LogP contribution in [0.3, 0.4) is 0 Å². The van der Waals surface area contributed by atoms with Gasteiger partial charge in [-0.2, -0.15) is 0 Å². The SMILES string of the molecule is Cc1ccc(CC(=O)NCC(O)c2cccs2)cc1. The third-order valence-electron chi connectivity index (χ3n) is 2.85. The Kier molecular flexibility index (Phi) is 4.71. The molecule has 1 heterocycles. The normalized spacial score (nSPS) is 12.1. The lowest BCUT2D eigenvalue weighted by Crippen LogP contribution is -2.29. The van der Waals surface area contributed by atoms with E-state index >= 15 is 0 Å². The molecule has 0 radical (unpaired) electrons. The molecule has 19 heavy (non-hydrogen) atoms. The molecule has 0 bridgehead atoms. The second-order valence-corrected chi connectivity index (χ2v) is 5.48. The van der Waals surface area contributed by atoms with Crippen molar-refractivity contribution in [2.45, 2.75) is 19.4 Å². The molecular formula is C15H17NO2S. The zero-order valence-corrected chi connectivity index (χ0v) is 11.6. The van der Waals surface area contributed by atoms with Crippen molar-refractivity contribution >= 4 is 17.2 Å². The number of rotatable bonds is 5. The minimum Gasteiger partial charge on any atom is -0.386 e. The predicted molar refractivity (Wildman–Crippen MR) is 77.2 cm³/mol. The van der Waals surface area contributed by atoms with Gasteiger partial charge in [0.2, 0.25) is 5.91 Å².